The Morgan fingerprint density at radius 3 is 2.77 bits per heavy atom. The number of aromatic nitrogens is 4. The lowest BCUT2D eigenvalue weighted by Crippen LogP contribution is -2.43. The van der Waals surface area contributed by atoms with Gasteiger partial charge in [-0.1, -0.05) is 12.1 Å². The molecular weight excluding hydrogens is 335 g/mol. The van der Waals surface area contributed by atoms with Crippen molar-refractivity contribution in [2.45, 2.75) is 50.7 Å². The van der Waals surface area contributed by atoms with Crippen molar-refractivity contribution in [1.29, 1.82) is 0 Å². The van der Waals surface area contributed by atoms with Crippen LogP contribution in [0.2, 0.25) is 0 Å². The second-order valence-corrected chi connectivity index (χ2v) is 7.23. The first kappa shape index (κ1) is 17.1. The highest BCUT2D eigenvalue weighted by Crippen LogP contribution is 2.24. The number of rotatable bonds is 4. The molecule has 2 aliphatic rings. The molecule has 0 radical (unpaired) electrons. The van der Waals surface area contributed by atoms with Crippen LogP contribution in [0.5, 0.6) is 0 Å². The van der Waals surface area contributed by atoms with Crippen molar-refractivity contribution >= 4 is 5.91 Å². The van der Waals surface area contributed by atoms with Crippen LogP contribution in [0.15, 0.2) is 24.3 Å². The van der Waals surface area contributed by atoms with Crippen molar-refractivity contribution in [3.63, 3.8) is 0 Å². The van der Waals surface area contributed by atoms with Crippen LogP contribution in [0.25, 0.3) is 0 Å². The molecule has 2 saturated heterocycles. The number of benzene rings is 1. The van der Waals surface area contributed by atoms with Crippen LogP contribution in [0.4, 0.5) is 4.39 Å². The summed E-state index contributed by atoms with van der Waals surface area (Å²) in [5.41, 5.74) is 0.883. The first-order valence-corrected chi connectivity index (χ1v) is 9.14. The first-order chi connectivity index (χ1) is 12.6. The maximum Gasteiger partial charge on any atom is 0.247 e. The second kappa shape index (κ2) is 7.11. The van der Waals surface area contributed by atoms with Crippen molar-refractivity contribution < 1.29 is 9.18 Å². The minimum Gasteiger partial charge on any atom is -0.339 e. The number of nitrogens with one attached hydrogen (secondary N) is 1. The highest BCUT2D eigenvalue weighted by atomic mass is 19.1. The van der Waals surface area contributed by atoms with Gasteiger partial charge in [-0.3, -0.25) is 4.79 Å². The van der Waals surface area contributed by atoms with Gasteiger partial charge in [0.1, 0.15) is 17.7 Å². The lowest BCUT2D eigenvalue weighted by Gasteiger charge is -2.28. The van der Waals surface area contributed by atoms with Crippen LogP contribution in [-0.4, -0.2) is 56.2 Å². The highest BCUT2D eigenvalue weighted by molar-refractivity contribution is 5.81. The van der Waals surface area contributed by atoms with Crippen molar-refractivity contribution in [1.82, 2.24) is 30.4 Å². The summed E-state index contributed by atoms with van der Waals surface area (Å²) in [5.74, 6) is 0.337. The van der Waals surface area contributed by atoms with Gasteiger partial charge in [-0.15, -0.1) is 5.10 Å². The summed E-state index contributed by atoms with van der Waals surface area (Å²) in [6.07, 6.45) is 3.71. The van der Waals surface area contributed by atoms with Crippen molar-refractivity contribution in [2.24, 2.45) is 0 Å². The Hall–Kier alpha value is -2.35. The Labute approximate surface area is 151 Å². The number of tetrazole rings is 1. The molecule has 0 aliphatic carbocycles. The first-order valence-electron chi connectivity index (χ1n) is 9.14. The number of fused-ring (bicyclic) bond motifs is 2. The van der Waals surface area contributed by atoms with Crippen molar-refractivity contribution in [3.8, 4) is 0 Å². The molecule has 1 aromatic heterocycles. The van der Waals surface area contributed by atoms with Crippen LogP contribution in [-0.2, 0) is 11.2 Å². The van der Waals surface area contributed by atoms with E-state index in [1.807, 2.05) is 4.90 Å². The van der Waals surface area contributed by atoms with E-state index < -0.39 is 6.04 Å². The molecule has 2 fully saturated rings. The van der Waals surface area contributed by atoms with E-state index in [1.54, 1.807) is 23.7 Å². The molecule has 7 nitrogen and oxygen atoms in total. The smallest absolute Gasteiger partial charge is 0.247 e. The Morgan fingerprint density at radius 1 is 1.27 bits per heavy atom. The molecule has 1 aromatic carbocycles. The summed E-state index contributed by atoms with van der Waals surface area (Å²) < 4.78 is 14.8. The lowest BCUT2D eigenvalue weighted by atomic mass is 10.0. The van der Waals surface area contributed by atoms with Gasteiger partial charge < -0.3 is 10.2 Å². The molecule has 3 heterocycles. The number of carbonyl (C=O) groups is 1. The van der Waals surface area contributed by atoms with Crippen LogP contribution in [0.3, 0.4) is 0 Å². The molecule has 2 aliphatic heterocycles. The van der Waals surface area contributed by atoms with Gasteiger partial charge in [0.25, 0.3) is 0 Å². The highest BCUT2D eigenvalue weighted by Gasteiger charge is 2.35. The third-order valence-corrected chi connectivity index (χ3v) is 5.41. The lowest BCUT2D eigenvalue weighted by molar-refractivity contribution is -0.135. The molecule has 0 saturated carbocycles. The molecule has 3 atom stereocenters. The summed E-state index contributed by atoms with van der Waals surface area (Å²) >= 11 is 0. The fourth-order valence-corrected chi connectivity index (χ4v) is 4.00. The monoisotopic (exact) mass is 358 g/mol. The van der Waals surface area contributed by atoms with E-state index in [0.717, 1.165) is 31.5 Å². The third-order valence-electron chi connectivity index (χ3n) is 5.41. The molecule has 1 N–H and O–H groups in total. The normalized spacial score (nSPS) is 23.7. The molecule has 1 amide bonds. The minimum atomic E-state index is -0.521. The predicted molar refractivity (Wildman–Crippen MR) is 92.8 cm³/mol. The van der Waals surface area contributed by atoms with Crippen molar-refractivity contribution in [3.05, 3.63) is 41.5 Å². The fraction of sp³-hybridized carbons (Fsp3) is 0.556. The number of hydrogen-bond donors (Lipinski definition) is 1. The fourth-order valence-electron chi connectivity index (χ4n) is 4.00. The zero-order valence-corrected chi connectivity index (χ0v) is 14.8. The van der Waals surface area contributed by atoms with E-state index in [-0.39, 0.29) is 11.7 Å². The Morgan fingerprint density at radius 2 is 2.04 bits per heavy atom. The number of carbonyl (C=O) groups excluding carboxylic acids is 1. The zero-order chi connectivity index (χ0) is 18.1. The van der Waals surface area contributed by atoms with Gasteiger partial charge in [0.15, 0.2) is 0 Å². The van der Waals surface area contributed by atoms with Gasteiger partial charge in [0.05, 0.1) is 0 Å². The standard InChI is InChI=1S/C18H23FN6O/c1-12-21-22-23-25(12)17(10-13-2-4-14(19)5-3-13)18(26)24-9-8-15-6-7-16(11-24)20-15/h2-5,15-17,20H,6-11H2,1H3. The quantitative estimate of drug-likeness (QED) is 0.890. The van der Waals surface area contributed by atoms with Gasteiger partial charge >= 0.3 is 0 Å². The number of aryl methyl sites for hydroxylation is 1. The molecule has 2 aromatic rings. The molecule has 4 rings (SSSR count). The van der Waals surface area contributed by atoms with E-state index in [1.165, 1.54) is 18.6 Å². The summed E-state index contributed by atoms with van der Waals surface area (Å²) in [5, 5.41) is 15.3. The average Bonchev–Trinajstić information content (AvgIpc) is 3.19. The van der Waals surface area contributed by atoms with E-state index in [9.17, 15) is 9.18 Å². The number of nitrogens with zero attached hydrogens (tertiary/aromatic N) is 5. The second-order valence-electron chi connectivity index (χ2n) is 7.23. The number of amides is 1. The molecule has 0 spiro atoms. The Kier molecular flexibility index (Phi) is 4.67. The molecule has 138 valence electrons. The summed E-state index contributed by atoms with van der Waals surface area (Å²) in [7, 11) is 0. The van der Waals surface area contributed by atoms with Gasteiger partial charge in [-0.05, 0) is 54.3 Å². The third kappa shape index (κ3) is 3.46. The zero-order valence-electron chi connectivity index (χ0n) is 14.8. The topological polar surface area (TPSA) is 75.9 Å². The summed E-state index contributed by atoms with van der Waals surface area (Å²) in [6.45, 7) is 3.25. The number of likely N-dealkylation sites (tertiary alicyclic amines) is 1. The molecule has 26 heavy (non-hydrogen) atoms. The van der Waals surface area contributed by atoms with Gasteiger partial charge in [-0.25, -0.2) is 9.07 Å². The number of halogens is 1. The Bertz CT molecular complexity index is 776. The van der Waals surface area contributed by atoms with Crippen LogP contribution < -0.4 is 5.32 Å². The SMILES string of the molecule is Cc1nnnn1C(Cc1ccc(F)cc1)C(=O)N1CCC2CCC(C1)N2. The van der Waals surface area contributed by atoms with Gasteiger partial charge in [0, 0.05) is 31.6 Å². The van der Waals surface area contributed by atoms with Crippen LogP contribution in [0.1, 0.15) is 36.7 Å². The van der Waals surface area contributed by atoms with E-state index in [4.69, 9.17) is 0 Å². The van der Waals surface area contributed by atoms with Crippen molar-refractivity contribution in [2.75, 3.05) is 13.1 Å². The average molecular weight is 358 g/mol. The van der Waals surface area contributed by atoms with Gasteiger partial charge in [-0.2, -0.15) is 0 Å². The van der Waals surface area contributed by atoms with Crippen LogP contribution >= 0.6 is 0 Å². The largest absolute Gasteiger partial charge is 0.339 e. The van der Waals surface area contributed by atoms with E-state index in [0.29, 0.717) is 24.3 Å². The van der Waals surface area contributed by atoms with Gasteiger partial charge in [0.2, 0.25) is 5.91 Å². The Balaban J connectivity index is 1.58. The molecule has 3 unspecified atom stereocenters. The van der Waals surface area contributed by atoms with E-state index >= 15 is 0 Å². The molecule has 2 bridgehead atoms. The molecule has 8 heteroatoms. The van der Waals surface area contributed by atoms with Crippen LogP contribution in [0, 0.1) is 12.7 Å². The minimum absolute atomic E-state index is 0.0269. The number of hydrogen-bond acceptors (Lipinski definition) is 5. The summed E-state index contributed by atoms with van der Waals surface area (Å²) in [4.78, 5) is 15.3. The molecular formula is C18H23FN6O. The maximum absolute atomic E-state index is 13.4. The predicted octanol–water partition coefficient (Wildman–Crippen LogP) is 1.26. The maximum atomic E-state index is 13.4. The summed E-state index contributed by atoms with van der Waals surface area (Å²) in [6, 6.07) is 6.61. The van der Waals surface area contributed by atoms with E-state index in [2.05, 4.69) is 20.8 Å².